The van der Waals surface area contributed by atoms with Crippen molar-refractivity contribution in [2.75, 3.05) is 27.3 Å². The molecule has 0 fully saturated rings. The molecule has 0 heterocycles. The molecule has 0 atom stereocenters. The van der Waals surface area contributed by atoms with Gasteiger partial charge in [0.25, 0.3) is 0 Å². The first-order valence-electron chi connectivity index (χ1n) is 7.46. The highest BCUT2D eigenvalue weighted by atomic mass is 35.5. The Morgan fingerprint density at radius 3 is 2.24 bits per heavy atom. The SMILES string of the molecule is COc1ccc(OCCN(C)S(=O)(=O)Cc2ccc(Cl)c(Cl)c2)cc1. The maximum atomic E-state index is 12.4. The van der Waals surface area contributed by atoms with Gasteiger partial charge >= 0.3 is 0 Å². The quantitative estimate of drug-likeness (QED) is 0.671. The van der Waals surface area contributed by atoms with E-state index in [1.807, 2.05) is 0 Å². The van der Waals surface area contributed by atoms with E-state index in [1.165, 1.54) is 11.4 Å². The average molecular weight is 404 g/mol. The monoisotopic (exact) mass is 403 g/mol. The van der Waals surface area contributed by atoms with Crippen molar-refractivity contribution in [2.45, 2.75) is 5.75 Å². The first kappa shape index (κ1) is 19.8. The molecular weight excluding hydrogens is 385 g/mol. The molecule has 0 saturated carbocycles. The fourth-order valence-corrected chi connectivity index (χ4v) is 3.55. The predicted molar refractivity (Wildman–Crippen MR) is 100 cm³/mol. The summed E-state index contributed by atoms with van der Waals surface area (Å²) in [5.41, 5.74) is 0.581. The van der Waals surface area contributed by atoms with Gasteiger partial charge in [-0.05, 0) is 42.0 Å². The van der Waals surface area contributed by atoms with Crippen LogP contribution in [-0.4, -0.2) is 40.0 Å². The van der Waals surface area contributed by atoms with Crippen LogP contribution in [-0.2, 0) is 15.8 Å². The number of nitrogens with zero attached hydrogens (tertiary/aromatic N) is 1. The molecule has 136 valence electrons. The Balaban J connectivity index is 1.89. The van der Waals surface area contributed by atoms with Crippen LogP contribution in [0.1, 0.15) is 5.56 Å². The summed E-state index contributed by atoms with van der Waals surface area (Å²) < 4.78 is 36.7. The van der Waals surface area contributed by atoms with Crippen LogP contribution < -0.4 is 9.47 Å². The summed E-state index contributed by atoms with van der Waals surface area (Å²) in [5, 5.41) is 0.726. The van der Waals surface area contributed by atoms with Crippen LogP contribution in [0.2, 0.25) is 10.0 Å². The summed E-state index contributed by atoms with van der Waals surface area (Å²) in [6.07, 6.45) is 0. The Morgan fingerprint density at radius 2 is 1.64 bits per heavy atom. The molecule has 5 nitrogen and oxygen atoms in total. The summed E-state index contributed by atoms with van der Waals surface area (Å²) in [4.78, 5) is 0. The van der Waals surface area contributed by atoms with Crippen LogP contribution in [0.4, 0.5) is 0 Å². The molecule has 0 aliphatic carbocycles. The van der Waals surface area contributed by atoms with Gasteiger partial charge in [0.05, 0.1) is 22.9 Å². The first-order chi connectivity index (χ1) is 11.8. The van der Waals surface area contributed by atoms with Gasteiger partial charge in [0.1, 0.15) is 18.1 Å². The zero-order valence-corrected chi connectivity index (χ0v) is 16.2. The Hall–Kier alpha value is -1.47. The standard InChI is InChI=1S/C17H19Cl2NO4S/c1-20(9-10-24-15-6-4-14(23-2)5-7-15)25(21,22)12-13-3-8-16(18)17(19)11-13/h3-8,11H,9-10,12H2,1-2H3. The van der Waals surface area contributed by atoms with E-state index in [-0.39, 0.29) is 18.9 Å². The molecule has 2 aromatic carbocycles. The van der Waals surface area contributed by atoms with Crippen molar-refractivity contribution in [2.24, 2.45) is 0 Å². The molecule has 8 heteroatoms. The van der Waals surface area contributed by atoms with Gasteiger partial charge in [0, 0.05) is 13.6 Å². The van der Waals surface area contributed by atoms with Crippen LogP contribution >= 0.6 is 23.2 Å². The molecule has 0 bridgehead atoms. The zero-order valence-electron chi connectivity index (χ0n) is 13.9. The summed E-state index contributed by atoms with van der Waals surface area (Å²) in [7, 11) is -0.371. The first-order valence-corrected chi connectivity index (χ1v) is 9.83. The number of halogens is 2. The van der Waals surface area contributed by atoms with Crippen molar-refractivity contribution < 1.29 is 17.9 Å². The number of methoxy groups -OCH3 is 1. The largest absolute Gasteiger partial charge is 0.497 e. The highest BCUT2D eigenvalue weighted by molar-refractivity contribution is 7.88. The van der Waals surface area contributed by atoms with Gasteiger partial charge in [-0.2, -0.15) is 0 Å². The minimum absolute atomic E-state index is 0.150. The topological polar surface area (TPSA) is 55.8 Å². The van der Waals surface area contributed by atoms with Gasteiger partial charge in [-0.25, -0.2) is 12.7 Å². The highest BCUT2D eigenvalue weighted by Gasteiger charge is 2.19. The molecule has 2 aromatic rings. The van der Waals surface area contributed by atoms with Crippen LogP contribution in [0.5, 0.6) is 11.5 Å². The molecule has 0 aromatic heterocycles. The van der Waals surface area contributed by atoms with Gasteiger partial charge in [0.15, 0.2) is 0 Å². The van der Waals surface area contributed by atoms with Crippen molar-refractivity contribution in [1.82, 2.24) is 4.31 Å². The van der Waals surface area contributed by atoms with Gasteiger partial charge < -0.3 is 9.47 Å². The predicted octanol–water partition coefficient (Wildman–Crippen LogP) is 3.84. The number of hydrogen-bond donors (Lipinski definition) is 0. The number of benzene rings is 2. The Labute approximate surface area is 158 Å². The maximum Gasteiger partial charge on any atom is 0.218 e. The van der Waals surface area contributed by atoms with Crippen LogP contribution in [0.15, 0.2) is 42.5 Å². The van der Waals surface area contributed by atoms with Crippen LogP contribution in [0.3, 0.4) is 0 Å². The fourth-order valence-electron chi connectivity index (χ4n) is 2.05. The maximum absolute atomic E-state index is 12.4. The molecule has 0 saturated heterocycles. The summed E-state index contributed by atoms with van der Waals surface area (Å²) >= 11 is 11.8. The number of ether oxygens (including phenoxy) is 2. The average Bonchev–Trinajstić information content (AvgIpc) is 2.58. The molecule has 0 amide bonds. The molecule has 0 radical (unpaired) electrons. The molecule has 0 aliphatic rings. The normalized spacial score (nSPS) is 11.6. The number of likely N-dealkylation sites (N-methyl/N-ethyl adjacent to an activating group) is 1. The minimum atomic E-state index is -3.48. The lowest BCUT2D eigenvalue weighted by Gasteiger charge is -2.17. The molecule has 0 unspecified atom stereocenters. The minimum Gasteiger partial charge on any atom is -0.497 e. The summed E-state index contributed by atoms with van der Waals surface area (Å²) in [6.45, 7) is 0.471. The van der Waals surface area contributed by atoms with Crippen molar-refractivity contribution in [3.8, 4) is 11.5 Å². The molecular formula is C17H19Cl2NO4S. The smallest absolute Gasteiger partial charge is 0.218 e. The van der Waals surface area contributed by atoms with Gasteiger partial charge in [-0.15, -0.1) is 0 Å². The van der Waals surface area contributed by atoms with E-state index in [1.54, 1.807) is 49.6 Å². The Bertz CT molecular complexity index is 810. The van der Waals surface area contributed by atoms with Crippen molar-refractivity contribution in [3.63, 3.8) is 0 Å². The number of rotatable bonds is 8. The number of sulfonamides is 1. The van der Waals surface area contributed by atoms with Crippen molar-refractivity contribution >= 4 is 33.2 Å². The second-order valence-electron chi connectivity index (χ2n) is 5.35. The van der Waals surface area contributed by atoms with Crippen LogP contribution in [0.25, 0.3) is 0 Å². The van der Waals surface area contributed by atoms with E-state index in [0.717, 1.165) is 5.75 Å². The third-order valence-corrected chi connectivity index (χ3v) is 6.11. The second kappa shape index (κ2) is 8.76. The third kappa shape index (κ3) is 5.78. The lowest BCUT2D eigenvalue weighted by molar-refractivity contribution is 0.286. The van der Waals surface area contributed by atoms with Gasteiger partial charge in [-0.1, -0.05) is 29.3 Å². The lowest BCUT2D eigenvalue weighted by atomic mass is 10.2. The Kier molecular flexibility index (Phi) is 6.95. The van der Waals surface area contributed by atoms with E-state index in [9.17, 15) is 8.42 Å². The van der Waals surface area contributed by atoms with Crippen LogP contribution in [0, 0.1) is 0 Å². The van der Waals surface area contributed by atoms with Gasteiger partial charge in [0.2, 0.25) is 10.0 Å². The van der Waals surface area contributed by atoms with E-state index in [0.29, 0.717) is 21.4 Å². The fraction of sp³-hybridized carbons (Fsp3) is 0.294. The zero-order chi connectivity index (χ0) is 18.4. The highest BCUT2D eigenvalue weighted by Crippen LogP contribution is 2.24. The number of hydrogen-bond acceptors (Lipinski definition) is 4. The molecule has 0 aliphatic heterocycles. The summed E-state index contributed by atoms with van der Waals surface area (Å²) in [6, 6.07) is 11.9. The lowest BCUT2D eigenvalue weighted by Crippen LogP contribution is -2.32. The van der Waals surface area contributed by atoms with Crippen molar-refractivity contribution in [1.29, 1.82) is 0 Å². The van der Waals surface area contributed by atoms with E-state index in [4.69, 9.17) is 32.7 Å². The molecule has 0 N–H and O–H groups in total. The second-order valence-corrected chi connectivity index (χ2v) is 8.24. The van der Waals surface area contributed by atoms with Crippen molar-refractivity contribution in [3.05, 3.63) is 58.1 Å². The van der Waals surface area contributed by atoms with Gasteiger partial charge in [-0.3, -0.25) is 0 Å². The molecule has 25 heavy (non-hydrogen) atoms. The van der Waals surface area contributed by atoms with E-state index >= 15 is 0 Å². The third-order valence-electron chi connectivity index (χ3n) is 3.54. The Morgan fingerprint density at radius 1 is 1.00 bits per heavy atom. The molecule has 2 rings (SSSR count). The summed E-state index contributed by atoms with van der Waals surface area (Å²) in [5.74, 6) is 1.23. The van der Waals surface area contributed by atoms with E-state index < -0.39 is 10.0 Å². The molecule has 0 spiro atoms. The van der Waals surface area contributed by atoms with E-state index in [2.05, 4.69) is 0 Å².